The number of thiazole rings is 1. The van der Waals surface area contributed by atoms with Gasteiger partial charge in [-0.05, 0) is 50.0 Å². The molecule has 0 aliphatic carbocycles. The summed E-state index contributed by atoms with van der Waals surface area (Å²) >= 11 is 1.41. The Bertz CT molecular complexity index is 657. The van der Waals surface area contributed by atoms with Crippen molar-refractivity contribution >= 4 is 47.7 Å². The number of rotatable bonds is 6. The average Bonchev–Trinajstić information content (AvgIpc) is 3.25. The van der Waals surface area contributed by atoms with E-state index in [1.54, 1.807) is 5.38 Å². The van der Waals surface area contributed by atoms with E-state index >= 15 is 0 Å². The minimum atomic E-state index is -0.189. The minimum Gasteiger partial charge on any atom is -0.325 e. The first-order valence-corrected chi connectivity index (χ1v) is 8.89. The Labute approximate surface area is 164 Å². The molecule has 1 aromatic heterocycles. The zero-order valence-electron chi connectivity index (χ0n) is 13.9. The van der Waals surface area contributed by atoms with Crippen molar-refractivity contribution in [1.82, 2.24) is 9.88 Å². The molecule has 0 saturated carbocycles. The molecule has 5 nitrogen and oxygen atoms in total. The number of likely N-dealkylation sites (tertiary alicyclic amines) is 1. The van der Waals surface area contributed by atoms with E-state index in [1.807, 2.05) is 12.1 Å². The second-order valence-electron chi connectivity index (χ2n) is 5.78. The van der Waals surface area contributed by atoms with E-state index in [9.17, 15) is 4.79 Å². The van der Waals surface area contributed by atoms with Crippen molar-refractivity contribution in [1.29, 1.82) is 0 Å². The summed E-state index contributed by atoms with van der Waals surface area (Å²) in [6, 6.07) is 8.07. The van der Waals surface area contributed by atoms with E-state index < -0.39 is 0 Å². The quantitative estimate of drug-likeness (QED) is 0.776. The Morgan fingerprint density at radius 2 is 1.88 bits per heavy atom. The number of nitrogens with zero attached hydrogens (tertiary/aromatic N) is 2. The highest BCUT2D eigenvalue weighted by Gasteiger charge is 2.12. The van der Waals surface area contributed by atoms with Crippen LogP contribution in [-0.4, -0.2) is 35.4 Å². The molecule has 138 valence electrons. The number of nitrogens with two attached hydrogens (primary N) is 1. The number of carbonyl (C=O) groups excluding carboxylic acids is 1. The van der Waals surface area contributed by atoms with Crippen molar-refractivity contribution in [3.8, 4) is 0 Å². The Hall–Kier alpha value is -1.18. The van der Waals surface area contributed by atoms with Gasteiger partial charge in [0.15, 0.2) is 0 Å². The normalized spacial score (nSPS) is 13.8. The van der Waals surface area contributed by atoms with Crippen LogP contribution in [0.25, 0.3) is 0 Å². The summed E-state index contributed by atoms with van der Waals surface area (Å²) in [5.41, 5.74) is 8.04. The number of hydrogen-bond acceptors (Lipinski definition) is 5. The Morgan fingerprint density at radius 1 is 1.20 bits per heavy atom. The maximum Gasteiger partial charge on any atom is 0.275 e. The van der Waals surface area contributed by atoms with Gasteiger partial charge in [-0.1, -0.05) is 12.1 Å². The van der Waals surface area contributed by atoms with Crippen molar-refractivity contribution in [3.05, 3.63) is 45.9 Å². The van der Waals surface area contributed by atoms with E-state index in [2.05, 4.69) is 27.3 Å². The first-order valence-electron chi connectivity index (χ1n) is 8.02. The molecular formula is C17H24Cl2N4OS. The van der Waals surface area contributed by atoms with Gasteiger partial charge in [0.25, 0.3) is 5.91 Å². The molecule has 0 bridgehead atoms. The molecule has 1 aliphatic rings. The standard InChI is InChI=1S/C17H22N4OS.2ClH/c18-11-16-20-15(12-23-16)17(22)19-14-5-3-13(4-6-14)7-10-21-8-1-2-9-21;;/h3-6,12H,1-2,7-11,18H2,(H,19,22);2*1H. The fourth-order valence-electron chi connectivity index (χ4n) is 2.75. The van der Waals surface area contributed by atoms with Crippen molar-refractivity contribution in [2.75, 3.05) is 25.0 Å². The molecule has 1 fully saturated rings. The fraction of sp³-hybridized carbons (Fsp3) is 0.412. The Balaban J connectivity index is 0.00000156. The van der Waals surface area contributed by atoms with Crippen LogP contribution in [0.3, 0.4) is 0 Å². The van der Waals surface area contributed by atoms with Crippen LogP contribution in [0.1, 0.15) is 33.9 Å². The largest absolute Gasteiger partial charge is 0.325 e. The summed E-state index contributed by atoms with van der Waals surface area (Å²) < 4.78 is 0. The van der Waals surface area contributed by atoms with Crippen LogP contribution in [0.5, 0.6) is 0 Å². The number of anilines is 1. The lowest BCUT2D eigenvalue weighted by molar-refractivity contribution is 0.102. The second kappa shape index (κ2) is 10.7. The summed E-state index contributed by atoms with van der Waals surface area (Å²) in [7, 11) is 0. The molecule has 1 aromatic carbocycles. The lowest BCUT2D eigenvalue weighted by Gasteiger charge is -2.14. The van der Waals surface area contributed by atoms with Crippen LogP contribution in [0.4, 0.5) is 5.69 Å². The smallest absolute Gasteiger partial charge is 0.275 e. The number of hydrogen-bond donors (Lipinski definition) is 2. The van der Waals surface area contributed by atoms with Gasteiger partial charge in [0.2, 0.25) is 0 Å². The zero-order chi connectivity index (χ0) is 16.1. The molecular weight excluding hydrogens is 379 g/mol. The second-order valence-corrected chi connectivity index (χ2v) is 6.72. The highest BCUT2D eigenvalue weighted by Crippen LogP contribution is 2.15. The van der Waals surface area contributed by atoms with E-state index in [1.165, 1.54) is 42.8 Å². The van der Waals surface area contributed by atoms with Crippen molar-refractivity contribution in [2.45, 2.75) is 25.8 Å². The van der Waals surface area contributed by atoms with Gasteiger partial charge in [-0.25, -0.2) is 4.98 Å². The van der Waals surface area contributed by atoms with Crippen LogP contribution >= 0.6 is 36.2 Å². The van der Waals surface area contributed by atoms with E-state index in [-0.39, 0.29) is 30.7 Å². The summed E-state index contributed by atoms with van der Waals surface area (Å²) in [6.45, 7) is 3.94. The Morgan fingerprint density at radius 3 is 2.48 bits per heavy atom. The van der Waals surface area contributed by atoms with Crippen molar-refractivity contribution < 1.29 is 4.79 Å². The van der Waals surface area contributed by atoms with Crippen LogP contribution in [0, 0.1) is 0 Å². The van der Waals surface area contributed by atoms with Crippen LogP contribution < -0.4 is 11.1 Å². The first kappa shape index (κ1) is 21.9. The molecule has 1 saturated heterocycles. The third-order valence-corrected chi connectivity index (χ3v) is 4.96. The van der Waals surface area contributed by atoms with Gasteiger partial charge in [-0.3, -0.25) is 4.79 Å². The third-order valence-electron chi connectivity index (χ3n) is 4.09. The van der Waals surface area contributed by atoms with Gasteiger partial charge in [0.1, 0.15) is 10.7 Å². The van der Waals surface area contributed by atoms with Gasteiger partial charge in [0.05, 0.1) is 0 Å². The fourth-order valence-corrected chi connectivity index (χ4v) is 3.41. The molecule has 2 aromatic rings. The molecule has 1 amide bonds. The predicted octanol–water partition coefficient (Wildman–Crippen LogP) is 3.34. The number of amides is 1. The van der Waals surface area contributed by atoms with Gasteiger partial charge >= 0.3 is 0 Å². The lowest BCUT2D eigenvalue weighted by Crippen LogP contribution is -2.21. The van der Waals surface area contributed by atoms with Crippen molar-refractivity contribution in [2.24, 2.45) is 5.73 Å². The SMILES string of the molecule is Cl.Cl.NCc1nc(C(=O)Nc2ccc(CCN3CCCC3)cc2)cs1. The molecule has 0 unspecified atom stereocenters. The number of aromatic nitrogens is 1. The zero-order valence-corrected chi connectivity index (χ0v) is 16.4. The molecule has 25 heavy (non-hydrogen) atoms. The molecule has 8 heteroatoms. The maximum absolute atomic E-state index is 12.1. The van der Waals surface area contributed by atoms with E-state index in [4.69, 9.17) is 5.73 Å². The highest BCUT2D eigenvalue weighted by atomic mass is 35.5. The lowest BCUT2D eigenvalue weighted by atomic mass is 10.1. The third kappa shape index (κ3) is 6.24. The molecule has 0 radical (unpaired) electrons. The number of nitrogens with one attached hydrogen (secondary N) is 1. The average molecular weight is 403 g/mol. The molecule has 0 spiro atoms. The summed E-state index contributed by atoms with van der Waals surface area (Å²) in [5, 5.41) is 5.38. The molecule has 2 heterocycles. The first-order chi connectivity index (χ1) is 11.2. The van der Waals surface area contributed by atoms with Crippen LogP contribution in [0.15, 0.2) is 29.6 Å². The van der Waals surface area contributed by atoms with Crippen LogP contribution in [-0.2, 0) is 13.0 Å². The van der Waals surface area contributed by atoms with E-state index in [0.717, 1.165) is 23.7 Å². The number of benzene rings is 1. The van der Waals surface area contributed by atoms with Crippen LogP contribution in [0.2, 0.25) is 0 Å². The maximum atomic E-state index is 12.1. The molecule has 3 rings (SSSR count). The van der Waals surface area contributed by atoms with Gasteiger partial charge in [0, 0.05) is 24.2 Å². The molecule has 0 atom stereocenters. The Kier molecular flexibility index (Phi) is 9.38. The number of halogens is 2. The predicted molar refractivity (Wildman–Crippen MR) is 108 cm³/mol. The summed E-state index contributed by atoms with van der Waals surface area (Å²) in [5.74, 6) is -0.189. The van der Waals surface area contributed by atoms with Gasteiger partial charge < -0.3 is 16.0 Å². The molecule has 3 N–H and O–H groups in total. The van der Waals surface area contributed by atoms with Crippen molar-refractivity contribution in [3.63, 3.8) is 0 Å². The topological polar surface area (TPSA) is 71.2 Å². The number of carbonyl (C=O) groups is 1. The van der Waals surface area contributed by atoms with Gasteiger partial charge in [-0.15, -0.1) is 36.2 Å². The summed E-state index contributed by atoms with van der Waals surface area (Å²) in [4.78, 5) is 18.8. The summed E-state index contributed by atoms with van der Waals surface area (Å²) in [6.07, 6.45) is 3.71. The van der Waals surface area contributed by atoms with E-state index in [0.29, 0.717) is 12.2 Å². The minimum absolute atomic E-state index is 0. The molecule has 1 aliphatic heterocycles. The monoisotopic (exact) mass is 402 g/mol. The highest BCUT2D eigenvalue weighted by molar-refractivity contribution is 7.09. The van der Waals surface area contributed by atoms with Gasteiger partial charge in [-0.2, -0.15) is 0 Å².